The predicted octanol–water partition coefficient (Wildman–Crippen LogP) is 1.95. The van der Waals surface area contributed by atoms with Crippen LogP contribution >= 0.6 is 0 Å². The maximum atomic E-state index is 11.4. The number of carbonyl (C=O) groups excluding carboxylic acids is 1. The quantitative estimate of drug-likeness (QED) is 0.687. The van der Waals surface area contributed by atoms with Crippen LogP contribution < -0.4 is 5.32 Å². The van der Waals surface area contributed by atoms with Gasteiger partial charge in [0.15, 0.2) is 0 Å². The fourth-order valence-corrected chi connectivity index (χ4v) is 2.01. The molecule has 0 aliphatic heterocycles. The van der Waals surface area contributed by atoms with E-state index in [-0.39, 0.29) is 11.8 Å². The number of hydrogen-bond donors (Lipinski definition) is 1. The lowest BCUT2D eigenvalue weighted by atomic mass is 9.92. The SMILES string of the molecule is CCNC(=O)[C@H](C)C1CCCC1. The zero-order chi connectivity index (χ0) is 8.97. The van der Waals surface area contributed by atoms with Crippen LogP contribution in [-0.2, 0) is 4.79 Å². The molecule has 1 aliphatic carbocycles. The third kappa shape index (κ3) is 2.23. The summed E-state index contributed by atoms with van der Waals surface area (Å²) < 4.78 is 0. The minimum absolute atomic E-state index is 0.229. The van der Waals surface area contributed by atoms with Crippen molar-refractivity contribution in [3.63, 3.8) is 0 Å². The first-order valence-electron chi connectivity index (χ1n) is 5.03. The van der Waals surface area contributed by atoms with Crippen LogP contribution in [0.25, 0.3) is 0 Å². The number of nitrogens with one attached hydrogen (secondary N) is 1. The molecule has 0 heterocycles. The van der Waals surface area contributed by atoms with E-state index in [1.165, 1.54) is 25.7 Å². The molecule has 12 heavy (non-hydrogen) atoms. The average molecular weight is 169 g/mol. The van der Waals surface area contributed by atoms with Crippen LogP contribution in [0.5, 0.6) is 0 Å². The van der Waals surface area contributed by atoms with E-state index in [1.807, 2.05) is 6.92 Å². The molecule has 70 valence electrons. The Morgan fingerprint density at radius 2 is 2.08 bits per heavy atom. The largest absolute Gasteiger partial charge is 0.356 e. The molecule has 1 atom stereocenters. The van der Waals surface area contributed by atoms with Crippen molar-refractivity contribution in [2.75, 3.05) is 6.54 Å². The lowest BCUT2D eigenvalue weighted by molar-refractivity contribution is -0.125. The van der Waals surface area contributed by atoms with E-state index in [2.05, 4.69) is 12.2 Å². The summed E-state index contributed by atoms with van der Waals surface area (Å²) in [5.41, 5.74) is 0. The Labute approximate surface area is 74.7 Å². The monoisotopic (exact) mass is 169 g/mol. The van der Waals surface area contributed by atoms with Crippen molar-refractivity contribution in [2.24, 2.45) is 11.8 Å². The first-order valence-corrected chi connectivity index (χ1v) is 5.03. The van der Waals surface area contributed by atoms with Gasteiger partial charge < -0.3 is 5.32 Å². The molecule has 1 amide bonds. The standard InChI is InChI=1S/C10H19NO/c1-3-11-10(12)8(2)9-6-4-5-7-9/h8-9H,3-7H2,1-2H3,(H,11,12)/t8-/m1/s1. The van der Waals surface area contributed by atoms with E-state index in [0.29, 0.717) is 5.92 Å². The van der Waals surface area contributed by atoms with Crippen LogP contribution in [0.15, 0.2) is 0 Å². The minimum Gasteiger partial charge on any atom is -0.356 e. The van der Waals surface area contributed by atoms with Gasteiger partial charge in [0.25, 0.3) is 0 Å². The molecular formula is C10H19NO. The number of amides is 1. The van der Waals surface area contributed by atoms with E-state index in [1.54, 1.807) is 0 Å². The van der Waals surface area contributed by atoms with Gasteiger partial charge in [0, 0.05) is 12.5 Å². The van der Waals surface area contributed by atoms with Crippen LogP contribution in [0.4, 0.5) is 0 Å². The van der Waals surface area contributed by atoms with Gasteiger partial charge in [-0.1, -0.05) is 19.8 Å². The van der Waals surface area contributed by atoms with Gasteiger partial charge in [-0.3, -0.25) is 4.79 Å². The van der Waals surface area contributed by atoms with Crippen LogP contribution in [0.2, 0.25) is 0 Å². The molecule has 0 radical (unpaired) electrons. The summed E-state index contributed by atoms with van der Waals surface area (Å²) in [5, 5.41) is 2.88. The van der Waals surface area contributed by atoms with Gasteiger partial charge in [0.1, 0.15) is 0 Å². The molecule has 0 saturated heterocycles. The van der Waals surface area contributed by atoms with Crippen molar-refractivity contribution in [2.45, 2.75) is 39.5 Å². The third-order valence-corrected chi connectivity index (χ3v) is 2.87. The molecular weight excluding hydrogens is 150 g/mol. The number of carbonyl (C=O) groups is 1. The molecule has 1 aliphatic rings. The maximum absolute atomic E-state index is 11.4. The lowest BCUT2D eigenvalue weighted by Crippen LogP contribution is -2.32. The van der Waals surface area contributed by atoms with Gasteiger partial charge >= 0.3 is 0 Å². The molecule has 0 unspecified atom stereocenters. The summed E-state index contributed by atoms with van der Waals surface area (Å²) in [6.07, 6.45) is 5.12. The normalized spacial score (nSPS) is 20.8. The molecule has 0 aromatic rings. The molecule has 0 spiro atoms. The van der Waals surface area contributed by atoms with Crippen LogP contribution in [-0.4, -0.2) is 12.5 Å². The van der Waals surface area contributed by atoms with Crippen LogP contribution in [0.1, 0.15) is 39.5 Å². The Balaban J connectivity index is 2.34. The van der Waals surface area contributed by atoms with Crippen molar-refractivity contribution in [1.82, 2.24) is 5.32 Å². The topological polar surface area (TPSA) is 29.1 Å². The van der Waals surface area contributed by atoms with Gasteiger partial charge in [-0.25, -0.2) is 0 Å². The summed E-state index contributed by atoms with van der Waals surface area (Å²) in [5.74, 6) is 1.12. The number of hydrogen-bond acceptors (Lipinski definition) is 1. The Bertz CT molecular complexity index is 150. The predicted molar refractivity (Wildman–Crippen MR) is 49.8 cm³/mol. The molecule has 0 bridgehead atoms. The summed E-state index contributed by atoms with van der Waals surface area (Å²) >= 11 is 0. The highest BCUT2D eigenvalue weighted by Crippen LogP contribution is 2.31. The number of rotatable bonds is 3. The fraction of sp³-hybridized carbons (Fsp3) is 0.900. The third-order valence-electron chi connectivity index (χ3n) is 2.87. The lowest BCUT2D eigenvalue weighted by Gasteiger charge is -2.17. The molecule has 1 fully saturated rings. The van der Waals surface area contributed by atoms with Crippen LogP contribution in [0, 0.1) is 11.8 Å². The van der Waals surface area contributed by atoms with E-state index >= 15 is 0 Å². The summed E-state index contributed by atoms with van der Waals surface area (Å²) in [4.78, 5) is 11.4. The van der Waals surface area contributed by atoms with E-state index in [0.717, 1.165) is 6.54 Å². The molecule has 2 nitrogen and oxygen atoms in total. The Morgan fingerprint density at radius 3 is 2.58 bits per heavy atom. The zero-order valence-corrected chi connectivity index (χ0v) is 8.10. The van der Waals surface area contributed by atoms with Crippen LogP contribution in [0.3, 0.4) is 0 Å². The first kappa shape index (κ1) is 9.56. The second-order valence-electron chi connectivity index (χ2n) is 3.73. The van der Waals surface area contributed by atoms with Crippen molar-refractivity contribution >= 4 is 5.91 Å². The highest BCUT2D eigenvalue weighted by Gasteiger charge is 2.25. The Morgan fingerprint density at radius 1 is 1.50 bits per heavy atom. The van der Waals surface area contributed by atoms with Crippen molar-refractivity contribution in [3.05, 3.63) is 0 Å². The second-order valence-corrected chi connectivity index (χ2v) is 3.73. The van der Waals surface area contributed by atoms with E-state index < -0.39 is 0 Å². The Kier molecular flexibility index (Phi) is 3.57. The van der Waals surface area contributed by atoms with Gasteiger partial charge in [-0.15, -0.1) is 0 Å². The first-order chi connectivity index (χ1) is 5.75. The fourth-order valence-electron chi connectivity index (χ4n) is 2.01. The van der Waals surface area contributed by atoms with Gasteiger partial charge in [0.05, 0.1) is 0 Å². The smallest absolute Gasteiger partial charge is 0.223 e. The average Bonchev–Trinajstić information content (AvgIpc) is 2.55. The molecule has 1 saturated carbocycles. The summed E-state index contributed by atoms with van der Waals surface area (Å²) in [7, 11) is 0. The second kappa shape index (κ2) is 4.48. The molecule has 1 rings (SSSR count). The molecule has 1 N–H and O–H groups in total. The molecule has 0 aromatic carbocycles. The minimum atomic E-state index is 0.229. The van der Waals surface area contributed by atoms with Gasteiger partial charge in [0.2, 0.25) is 5.91 Å². The van der Waals surface area contributed by atoms with Gasteiger partial charge in [-0.2, -0.15) is 0 Å². The zero-order valence-electron chi connectivity index (χ0n) is 8.10. The Hall–Kier alpha value is -0.530. The van der Waals surface area contributed by atoms with Crippen molar-refractivity contribution in [1.29, 1.82) is 0 Å². The van der Waals surface area contributed by atoms with Crippen molar-refractivity contribution < 1.29 is 4.79 Å². The molecule has 2 heteroatoms. The van der Waals surface area contributed by atoms with E-state index in [9.17, 15) is 4.79 Å². The highest BCUT2D eigenvalue weighted by molar-refractivity contribution is 5.78. The maximum Gasteiger partial charge on any atom is 0.223 e. The van der Waals surface area contributed by atoms with Crippen molar-refractivity contribution in [3.8, 4) is 0 Å². The summed E-state index contributed by atoms with van der Waals surface area (Å²) in [6.45, 7) is 4.79. The summed E-state index contributed by atoms with van der Waals surface area (Å²) in [6, 6.07) is 0. The van der Waals surface area contributed by atoms with E-state index in [4.69, 9.17) is 0 Å². The van der Waals surface area contributed by atoms with Gasteiger partial charge in [-0.05, 0) is 25.7 Å². The molecule has 0 aromatic heterocycles. The highest BCUT2D eigenvalue weighted by atomic mass is 16.1.